The van der Waals surface area contributed by atoms with Crippen molar-refractivity contribution < 1.29 is 0 Å². The summed E-state index contributed by atoms with van der Waals surface area (Å²) >= 11 is 0. The first-order valence-electron chi connectivity index (χ1n) is 10.1. The number of para-hydroxylation sites is 1. The molecule has 0 radical (unpaired) electrons. The summed E-state index contributed by atoms with van der Waals surface area (Å²) in [7, 11) is 0. The predicted molar refractivity (Wildman–Crippen MR) is 127 cm³/mol. The minimum absolute atomic E-state index is 0.471. The third-order valence-corrected chi connectivity index (χ3v) is 6.02. The highest BCUT2D eigenvalue weighted by Crippen LogP contribution is 2.42. The van der Waals surface area contributed by atoms with Gasteiger partial charge in [0, 0.05) is 21.5 Å². The summed E-state index contributed by atoms with van der Waals surface area (Å²) in [5.41, 5.74) is 3.66. The highest BCUT2D eigenvalue weighted by Gasteiger charge is 2.21. The predicted octanol–water partition coefficient (Wildman–Crippen LogP) is 7.51. The van der Waals surface area contributed by atoms with Gasteiger partial charge in [-0.25, -0.2) is 4.85 Å². The van der Waals surface area contributed by atoms with Crippen LogP contribution in [0.15, 0.2) is 91.0 Å². The topological polar surface area (TPSA) is 33.1 Å². The fourth-order valence-corrected chi connectivity index (χ4v) is 4.71. The van der Waals surface area contributed by atoms with Gasteiger partial charge in [0.05, 0.1) is 34.9 Å². The van der Waals surface area contributed by atoms with Gasteiger partial charge in [0.2, 0.25) is 5.69 Å². The number of nitrogens with zero attached hydrogens (tertiary/aromatic N) is 3. The van der Waals surface area contributed by atoms with Gasteiger partial charge in [0.15, 0.2) is 0 Å². The second-order valence-corrected chi connectivity index (χ2v) is 7.60. The SMILES string of the molecule is [C-]#[N+]c1cccc(C#N)c1-n1c2c3ccccc3ccc2c2ccc3ccccc3c21. The number of hydrogen-bond acceptors (Lipinski definition) is 1. The highest BCUT2D eigenvalue weighted by atomic mass is 15.0. The molecule has 6 aromatic rings. The Balaban J connectivity index is 2.00. The van der Waals surface area contributed by atoms with Crippen LogP contribution >= 0.6 is 0 Å². The molecule has 3 heteroatoms. The Morgan fingerprint density at radius 2 is 1.23 bits per heavy atom. The molecule has 0 saturated heterocycles. The lowest BCUT2D eigenvalue weighted by Crippen LogP contribution is -1.99. The highest BCUT2D eigenvalue weighted by molar-refractivity contribution is 6.24. The van der Waals surface area contributed by atoms with E-state index in [9.17, 15) is 5.26 Å². The van der Waals surface area contributed by atoms with E-state index in [-0.39, 0.29) is 0 Å². The van der Waals surface area contributed by atoms with E-state index >= 15 is 0 Å². The van der Waals surface area contributed by atoms with Crippen LogP contribution in [0.2, 0.25) is 0 Å². The molecule has 1 aromatic heterocycles. The van der Waals surface area contributed by atoms with E-state index in [0.29, 0.717) is 16.9 Å². The molecule has 0 atom stereocenters. The lowest BCUT2D eigenvalue weighted by Gasteiger charge is -2.14. The van der Waals surface area contributed by atoms with Gasteiger partial charge in [-0.2, -0.15) is 5.26 Å². The molecule has 1 heterocycles. The van der Waals surface area contributed by atoms with Crippen molar-refractivity contribution in [3.63, 3.8) is 0 Å². The second-order valence-electron chi connectivity index (χ2n) is 7.60. The quantitative estimate of drug-likeness (QED) is 0.266. The minimum Gasteiger partial charge on any atom is -0.316 e. The van der Waals surface area contributed by atoms with Crippen LogP contribution in [0.3, 0.4) is 0 Å². The van der Waals surface area contributed by atoms with E-state index in [0.717, 1.165) is 43.4 Å². The van der Waals surface area contributed by atoms with E-state index < -0.39 is 0 Å². The Bertz CT molecular complexity index is 1630. The molecule has 0 fully saturated rings. The molecule has 5 aromatic carbocycles. The van der Waals surface area contributed by atoms with Crippen molar-refractivity contribution in [1.82, 2.24) is 4.57 Å². The van der Waals surface area contributed by atoms with Gasteiger partial charge >= 0.3 is 0 Å². The first-order chi connectivity index (χ1) is 15.3. The first-order valence-corrected chi connectivity index (χ1v) is 10.1. The molecule has 0 bridgehead atoms. The van der Waals surface area contributed by atoms with Crippen LogP contribution in [0.1, 0.15) is 5.56 Å². The number of hydrogen-bond donors (Lipinski definition) is 0. The van der Waals surface area contributed by atoms with Gasteiger partial charge in [0.1, 0.15) is 0 Å². The van der Waals surface area contributed by atoms with Crippen LogP contribution in [0.25, 0.3) is 53.9 Å². The van der Waals surface area contributed by atoms with E-state index in [1.807, 2.05) is 24.3 Å². The molecular formula is C28H15N3. The van der Waals surface area contributed by atoms with Crippen LogP contribution < -0.4 is 0 Å². The molecule has 142 valence electrons. The summed E-state index contributed by atoms with van der Waals surface area (Å²) in [6, 6.07) is 32.8. The number of benzene rings is 5. The minimum atomic E-state index is 0.471. The zero-order valence-electron chi connectivity index (χ0n) is 16.5. The summed E-state index contributed by atoms with van der Waals surface area (Å²) in [6.45, 7) is 7.80. The molecule has 0 aliphatic carbocycles. The molecular weight excluding hydrogens is 378 g/mol. The maximum absolute atomic E-state index is 9.94. The lowest BCUT2D eigenvalue weighted by atomic mass is 10.0. The third kappa shape index (κ3) is 2.32. The maximum atomic E-state index is 9.94. The van der Waals surface area contributed by atoms with E-state index in [1.54, 1.807) is 18.2 Å². The normalized spacial score (nSPS) is 11.2. The molecule has 3 nitrogen and oxygen atoms in total. The van der Waals surface area contributed by atoms with Crippen molar-refractivity contribution in [3.8, 4) is 11.8 Å². The van der Waals surface area contributed by atoms with Crippen LogP contribution in [0, 0.1) is 17.9 Å². The average Bonchev–Trinajstić information content (AvgIpc) is 3.18. The van der Waals surface area contributed by atoms with Crippen molar-refractivity contribution in [3.05, 3.63) is 108 Å². The summed E-state index contributed by atoms with van der Waals surface area (Å²) in [5.74, 6) is 0. The Hall–Kier alpha value is -4.60. The van der Waals surface area contributed by atoms with E-state index in [2.05, 4.69) is 64.0 Å². The molecule has 0 spiro atoms. The number of fused-ring (bicyclic) bond motifs is 7. The lowest BCUT2D eigenvalue weighted by molar-refractivity contribution is 1.19. The smallest absolute Gasteiger partial charge is 0.211 e. The zero-order chi connectivity index (χ0) is 20.9. The largest absolute Gasteiger partial charge is 0.316 e. The van der Waals surface area contributed by atoms with Crippen molar-refractivity contribution in [1.29, 1.82) is 5.26 Å². The number of rotatable bonds is 1. The van der Waals surface area contributed by atoms with Gasteiger partial charge < -0.3 is 4.57 Å². The van der Waals surface area contributed by atoms with Crippen molar-refractivity contribution in [2.24, 2.45) is 0 Å². The molecule has 6 rings (SSSR count). The standard InChI is InChI=1S/C28H15N3/c1-30-25-12-6-9-20(17-29)26(25)31-27-21-10-4-2-7-18(21)13-15-23(27)24-16-14-19-8-3-5-11-22(19)28(24)31/h2-16H. The Morgan fingerprint density at radius 3 is 1.77 bits per heavy atom. The molecule has 0 aliphatic heterocycles. The number of aromatic nitrogens is 1. The van der Waals surface area contributed by atoms with Gasteiger partial charge in [-0.05, 0) is 16.8 Å². The summed E-state index contributed by atoms with van der Waals surface area (Å²) in [6.07, 6.45) is 0. The summed E-state index contributed by atoms with van der Waals surface area (Å²) < 4.78 is 2.14. The van der Waals surface area contributed by atoms with Gasteiger partial charge in [-0.3, -0.25) is 0 Å². The monoisotopic (exact) mass is 393 g/mol. The van der Waals surface area contributed by atoms with Crippen LogP contribution in [0.5, 0.6) is 0 Å². The van der Waals surface area contributed by atoms with Crippen molar-refractivity contribution >= 4 is 49.0 Å². The van der Waals surface area contributed by atoms with Gasteiger partial charge in [0.25, 0.3) is 0 Å². The summed E-state index contributed by atoms with van der Waals surface area (Å²) in [4.78, 5) is 3.79. The Morgan fingerprint density at radius 1 is 0.645 bits per heavy atom. The second kappa shape index (κ2) is 6.46. The van der Waals surface area contributed by atoms with E-state index in [1.165, 1.54) is 0 Å². The first kappa shape index (κ1) is 17.3. The Labute approximate surface area is 178 Å². The Kier molecular flexibility index (Phi) is 3.60. The zero-order valence-corrected chi connectivity index (χ0v) is 16.5. The fourth-order valence-electron chi connectivity index (χ4n) is 4.71. The average molecular weight is 393 g/mol. The van der Waals surface area contributed by atoms with Crippen LogP contribution in [-0.4, -0.2) is 4.57 Å². The maximum Gasteiger partial charge on any atom is 0.211 e. The molecule has 0 saturated carbocycles. The van der Waals surface area contributed by atoms with E-state index in [4.69, 9.17) is 6.57 Å². The molecule has 0 aliphatic rings. The van der Waals surface area contributed by atoms with Crippen LogP contribution in [-0.2, 0) is 0 Å². The van der Waals surface area contributed by atoms with Gasteiger partial charge in [-0.1, -0.05) is 84.9 Å². The summed E-state index contributed by atoms with van der Waals surface area (Å²) in [5, 5.41) is 16.6. The molecule has 31 heavy (non-hydrogen) atoms. The molecule has 0 N–H and O–H groups in total. The van der Waals surface area contributed by atoms with Crippen LogP contribution in [0.4, 0.5) is 5.69 Å². The molecule has 0 amide bonds. The van der Waals surface area contributed by atoms with Crippen molar-refractivity contribution in [2.45, 2.75) is 0 Å². The van der Waals surface area contributed by atoms with Gasteiger partial charge in [-0.15, -0.1) is 0 Å². The fraction of sp³-hybridized carbons (Fsp3) is 0. The third-order valence-electron chi connectivity index (χ3n) is 6.02. The molecule has 0 unspecified atom stereocenters. The van der Waals surface area contributed by atoms with Crippen molar-refractivity contribution in [2.75, 3.05) is 0 Å². The number of nitriles is 1.